The molecular formula is C20H18ClFN4OS. The Morgan fingerprint density at radius 3 is 2.71 bits per heavy atom. The van der Waals surface area contributed by atoms with Crippen molar-refractivity contribution in [2.24, 2.45) is 5.92 Å². The van der Waals surface area contributed by atoms with Crippen LogP contribution < -0.4 is 5.56 Å². The van der Waals surface area contributed by atoms with Gasteiger partial charge in [-0.3, -0.25) is 13.8 Å². The van der Waals surface area contributed by atoms with Gasteiger partial charge in [0, 0.05) is 17.3 Å². The Kier molecular flexibility index (Phi) is 5.12. The van der Waals surface area contributed by atoms with Crippen molar-refractivity contribution in [3.63, 3.8) is 0 Å². The number of para-hydroxylation sites is 1. The number of benzene rings is 2. The summed E-state index contributed by atoms with van der Waals surface area (Å²) < 4.78 is 16.9. The minimum absolute atomic E-state index is 0.0673. The summed E-state index contributed by atoms with van der Waals surface area (Å²) in [7, 11) is 0. The molecule has 5 nitrogen and oxygen atoms in total. The van der Waals surface area contributed by atoms with Gasteiger partial charge in [-0.1, -0.05) is 55.4 Å². The normalized spacial score (nSPS) is 11.8. The van der Waals surface area contributed by atoms with Crippen molar-refractivity contribution >= 4 is 40.0 Å². The van der Waals surface area contributed by atoms with E-state index in [9.17, 15) is 9.18 Å². The fraction of sp³-hybridized carbons (Fsp3) is 0.250. The van der Waals surface area contributed by atoms with Gasteiger partial charge in [-0.2, -0.15) is 0 Å². The molecule has 0 spiro atoms. The van der Waals surface area contributed by atoms with E-state index in [0.717, 1.165) is 11.1 Å². The van der Waals surface area contributed by atoms with Crippen LogP contribution in [0.15, 0.2) is 52.4 Å². The molecule has 0 saturated carbocycles. The highest BCUT2D eigenvalue weighted by molar-refractivity contribution is 7.98. The molecule has 144 valence electrons. The molecule has 0 atom stereocenters. The minimum Gasteiger partial charge on any atom is -0.276 e. The number of halogens is 2. The van der Waals surface area contributed by atoms with Crippen LogP contribution in [0.2, 0.25) is 5.02 Å². The first kappa shape index (κ1) is 19.0. The van der Waals surface area contributed by atoms with Crippen molar-refractivity contribution in [1.29, 1.82) is 0 Å². The molecule has 28 heavy (non-hydrogen) atoms. The SMILES string of the molecule is CC(C)Cn1c(=O)c2ccccc2n2c(SCc3ccc(F)cc3Cl)nnc12. The maximum Gasteiger partial charge on any atom is 0.262 e. The van der Waals surface area contributed by atoms with Crippen molar-refractivity contribution in [3.05, 3.63) is 69.2 Å². The molecule has 0 aliphatic rings. The lowest BCUT2D eigenvalue weighted by Crippen LogP contribution is -2.25. The van der Waals surface area contributed by atoms with Crippen molar-refractivity contribution in [1.82, 2.24) is 19.2 Å². The average Bonchev–Trinajstić information content (AvgIpc) is 3.08. The molecule has 4 rings (SSSR count). The Morgan fingerprint density at radius 2 is 1.96 bits per heavy atom. The molecule has 0 saturated heterocycles. The number of rotatable bonds is 5. The first-order valence-electron chi connectivity index (χ1n) is 8.89. The molecule has 8 heteroatoms. The van der Waals surface area contributed by atoms with Gasteiger partial charge in [0.2, 0.25) is 5.78 Å². The summed E-state index contributed by atoms with van der Waals surface area (Å²) >= 11 is 7.59. The summed E-state index contributed by atoms with van der Waals surface area (Å²) in [4.78, 5) is 13.0. The van der Waals surface area contributed by atoms with Crippen LogP contribution in [0.1, 0.15) is 19.4 Å². The van der Waals surface area contributed by atoms with Crippen LogP contribution in [0.3, 0.4) is 0 Å². The van der Waals surface area contributed by atoms with E-state index in [1.165, 1.54) is 23.9 Å². The molecule has 0 aliphatic carbocycles. The summed E-state index contributed by atoms with van der Waals surface area (Å²) in [5, 5.41) is 10.3. The monoisotopic (exact) mass is 416 g/mol. The Balaban J connectivity index is 1.84. The van der Waals surface area contributed by atoms with Gasteiger partial charge < -0.3 is 0 Å². The van der Waals surface area contributed by atoms with Crippen LogP contribution in [-0.4, -0.2) is 19.2 Å². The molecule has 2 aromatic heterocycles. The van der Waals surface area contributed by atoms with Crippen molar-refractivity contribution in [2.75, 3.05) is 0 Å². The van der Waals surface area contributed by atoms with E-state index in [4.69, 9.17) is 11.6 Å². The van der Waals surface area contributed by atoms with Crippen LogP contribution in [0.25, 0.3) is 16.7 Å². The lowest BCUT2D eigenvalue weighted by molar-refractivity contribution is 0.517. The maximum atomic E-state index is 13.3. The zero-order valence-corrected chi connectivity index (χ0v) is 17.0. The highest BCUT2D eigenvalue weighted by atomic mass is 35.5. The first-order valence-corrected chi connectivity index (χ1v) is 10.3. The molecule has 0 bridgehead atoms. The zero-order valence-electron chi connectivity index (χ0n) is 15.4. The fourth-order valence-corrected chi connectivity index (χ4v) is 4.40. The summed E-state index contributed by atoms with van der Waals surface area (Å²) in [6.45, 7) is 4.67. The predicted molar refractivity (Wildman–Crippen MR) is 111 cm³/mol. The number of hydrogen-bond acceptors (Lipinski definition) is 4. The summed E-state index contributed by atoms with van der Waals surface area (Å²) in [6, 6.07) is 11.8. The molecule has 4 aromatic rings. The second-order valence-electron chi connectivity index (χ2n) is 6.97. The molecular weight excluding hydrogens is 399 g/mol. The molecule has 0 radical (unpaired) electrons. The number of nitrogens with zero attached hydrogens (tertiary/aromatic N) is 4. The van der Waals surface area contributed by atoms with Gasteiger partial charge in [0.15, 0.2) is 5.16 Å². The summed E-state index contributed by atoms with van der Waals surface area (Å²) in [5.41, 5.74) is 1.51. The number of aromatic nitrogens is 4. The van der Waals surface area contributed by atoms with E-state index in [1.54, 1.807) is 10.6 Å². The molecule has 0 amide bonds. The molecule has 0 unspecified atom stereocenters. The third kappa shape index (κ3) is 3.40. The topological polar surface area (TPSA) is 52.2 Å². The summed E-state index contributed by atoms with van der Waals surface area (Å²) in [5.74, 6) is 0.950. The third-order valence-electron chi connectivity index (χ3n) is 4.40. The lowest BCUT2D eigenvalue weighted by Gasteiger charge is -2.13. The van der Waals surface area contributed by atoms with Gasteiger partial charge in [0.1, 0.15) is 5.82 Å². The zero-order chi connectivity index (χ0) is 19.8. The Hall–Kier alpha value is -2.38. The predicted octanol–water partition coefficient (Wildman–Crippen LogP) is 4.79. The van der Waals surface area contributed by atoms with Crippen LogP contribution >= 0.6 is 23.4 Å². The number of fused-ring (bicyclic) bond motifs is 3. The van der Waals surface area contributed by atoms with Crippen LogP contribution in [0, 0.1) is 11.7 Å². The average molecular weight is 417 g/mol. The number of hydrogen-bond donors (Lipinski definition) is 0. The van der Waals surface area contributed by atoms with Gasteiger partial charge in [-0.15, -0.1) is 10.2 Å². The van der Waals surface area contributed by atoms with Gasteiger partial charge in [-0.05, 0) is 35.7 Å². The van der Waals surface area contributed by atoms with Crippen molar-refractivity contribution < 1.29 is 4.39 Å². The Morgan fingerprint density at radius 1 is 1.18 bits per heavy atom. The smallest absolute Gasteiger partial charge is 0.262 e. The van der Waals surface area contributed by atoms with E-state index >= 15 is 0 Å². The lowest BCUT2D eigenvalue weighted by atomic mass is 10.2. The van der Waals surface area contributed by atoms with Gasteiger partial charge in [-0.25, -0.2) is 4.39 Å². The molecule has 2 aromatic carbocycles. The third-order valence-corrected chi connectivity index (χ3v) is 5.73. The van der Waals surface area contributed by atoms with Crippen molar-refractivity contribution in [3.8, 4) is 0 Å². The highest BCUT2D eigenvalue weighted by Gasteiger charge is 2.17. The molecule has 0 fully saturated rings. The Bertz CT molecular complexity index is 1230. The van der Waals surface area contributed by atoms with E-state index in [0.29, 0.717) is 33.6 Å². The second-order valence-corrected chi connectivity index (χ2v) is 8.32. The maximum absolute atomic E-state index is 13.3. The van der Waals surface area contributed by atoms with Crippen molar-refractivity contribution in [2.45, 2.75) is 31.3 Å². The largest absolute Gasteiger partial charge is 0.276 e. The molecule has 0 N–H and O–H groups in total. The Labute approximate surface area is 170 Å². The summed E-state index contributed by atoms with van der Waals surface area (Å²) in [6.07, 6.45) is 0. The van der Waals surface area contributed by atoms with Gasteiger partial charge in [0.25, 0.3) is 5.56 Å². The first-order chi connectivity index (χ1) is 13.5. The van der Waals surface area contributed by atoms with E-state index in [1.807, 2.05) is 28.7 Å². The van der Waals surface area contributed by atoms with Crippen LogP contribution in [-0.2, 0) is 12.3 Å². The standard InChI is InChI=1S/C20H18ClFN4OS/c1-12(2)10-25-18(27)15-5-3-4-6-17(15)26-19(25)23-24-20(26)28-11-13-7-8-14(22)9-16(13)21/h3-9,12H,10-11H2,1-2H3. The second kappa shape index (κ2) is 7.56. The number of thioether (sulfide) groups is 1. The molecule has 2 heterocycles. The van der Waals surface area contributed by atoms with Crippen LogP contribution in [0.5, 0.6) is 0 Å². The van der Waals surface area contributed by atoms with Gasteiger partial charge >= 0.3 is 0 Å². The van der Waals surface area contributed by atoms with E-state index in [-0.39, 0.29) is 17.3 Å². The highest BCUT2D eigenvalue weighted by Crippen LogP contribution is 2.28. The fourth-order valence-electron chi connectivity index (χ4n) is 3.14. The quantitative estimate of drug-likeness (QED) is 0.439. The van der Waals surface area contributed by atoms with E-state index < -0.39 is 0 Å². The van der Waals surface area contributed by atoms with Gasteiger partial charge in [0.05, 0.1) is 10.9 Å². The van der Waals surface area contributed by atoms with Crippen LogP contribution in [0.4, 0.5) is 4.39 Å². The molecule has 0 aliphatic heterocycles. The van der Waals surface area contributed by atoms with E-state index in [2.05, 4.69) is 24.0 Å². The minimum atomic E-state index is -0.365.